The third-order valence-corrected chi connectivity index (χ3v) is 7.23. The quantitative estimate of drug-likeness (QED) is 0.453. The molecule has 1 heterocycles. The van der Waals surface area contributed by atoms with Gasteiger partial charge in [0.15, 0.2) is 0 Å². The Labute approximate surface area is 186 Å². The number of H-pyrrole nitrogens is 1. The van der Waals surface area contributed by atoms with Crippen LogP contribution < -0.4 is 5.56 Å². The van der Waals surface area contributed by atoms with Gasteiger partial charge in [-0.05, 0) is 66.3 Å². The van der Waals surface area contributed by atoms with Crippen LogP contribution in [0.2, 0.25) is 0 Å². The van der Waals surface area contributed by atoms with Crippen molar-refractivity contribution in [3.05, 3.63) is 112 Å². The van der Waals surface area contributed by atoms with Gasteiger partial charge in [0.1, 0.15) is 5.82 Å². The van der Waals surface area contributed by atoms with Crippen LogP contribution in [0.15, 0.2) is 88.6 Å². The first-order valence-corrected chi connectivity index (χ1v) is 11.7. The van der Waals surface area contributed by atoms with Gasteiger partial charge in [-0.1, -0.05) is 42.5 Å². The van der Waals surface area contributed by atoms with Crippen LogP contribution in [0.25, 0.3) is 10.9 Å². The number of nitrogens with one attached hydrogen (secondary N) is 1. The molecule has 0 unspecified atom stereocenters. The lowest BCUT2D eigenvalue weighted by Gasteiger charge is -2.22. The van der Waals surface area contributed by atoms with Crippen LogP contribution in [0.1, 0.15) is 16.7 Å². The van der Waals surface area contributed by atoms with Crippen molar-refractivity contribution in [2.75, 3.05) is 6.54 Å². The van der Waals surface area contributed by atoms with Gasteiger partial charge in [0.05, 0.1) is 4.90 Å². The number of hydrogen-bond donors (Lipinski definition) is 1. The predicted octanol–water partition coefficient (Wildman–Crippen LogP) is 4.41. The molecule has 0 fully saturated rings. The normalized spacial score (nSPS) is 11.8. The molecule has 7 heteroatoms. The maximum Gasteiger partial charge on any atom is 0.252 e. The van der Waals surface area contributed by atoms with E-state index in [2.05, 4.69) is 4.98 Å². The van der Waals surface area contributed by atoms with Gasteiger partial charge in [-0.2, -0.15) is 4.31 Å². The molecule has 4 aromatic rings. The Morgan fingerprint density at radius 1 is 0.938 bits per heavy atom. The summed E-state index contributed by atoms with van der Waals surface area (Å²) < 4.78 is 41.4. The van der Waals surface area contributed by atoms with Crippen LogP contribution in [0.5, 0.6) is 0 Å². The Morgan fingerprint density at radius 2 is 1.66 bits per heavy atom. The van der Waals surface area contributed by atoms with Crippen molar-refractivity contribution in [3.63, 3.8) is 0 Å². The van der Waals surface area contributed by atoms with E-state index in [-0.39, 0.29) is 23.5 Å². The molecule has 3 aromatic carbocycles. The minimum Gasteiger partial charge on any atom is -0.322 e. The summed E-state index contributed by atoms with van der Waals surface area (Å²) in [6, 6.07) is 21.7. The van der Waals surface area contributed by atoms with Crippen molar-refractivity contribution in [2.24, 2.45) is 0 Å². The third kappa shape index (κ3) is 4.79. The van der Waals surface area contributed by atoms with E-state index < -0.39 is 15.8 Å². The number of fused-ring (bicyclic) bond motifs is 1. The number of rotatable bonds is 7. The minimum absolute atomic E-state index is 0.0141. The van der Waals surface area contributed by atoms with Crippen LogP contribution in [0.3, 0.4) is 0 Å². The topological polar surface area (TPSA) is 70.2 Å². The van der Waals surface area contributed by atoms with Gasteiger partial charge in [-0.25, -0.2) is 12.8 Å². The summed E-state index contributed by atoms with van der Waals surface area (Å²) in [6.45, 7) is 2.02. The molecule has 1 aromatic heterocycles. The molecular formula is C25H23FN2O3S. The standard InChI is InChI=1S/C25H23FN2O3S/c1-18-7-8-20-16-21(25(29)27-24(20)15-18)17-28(14-13-19-5-3-2-4-6-19)32(30,31)23-11-9-22(26)10-12-23/h2-12,15-16H,13-14,17H2,1H3,(H,27,29). The summed E-state index contributed by atoms with van der Waals surface area (Å²) in [4.78, 5) is 15.6. The van der Waals surface area contributed by atoms with E-state index in [9.17, 15) is 17.6 Å². The highest BCUT2D eigenvalue weighted by Gasteiger charge is 2.25. The lowest BCUT2D eigenvalue weighted by molar-refractivity contribution is 0.408. The average Bonchev–Trinajstić information content (AvgIpc) is 2.78. The van der Waals surface area contributed by atoms with E-state index >= 15 is 0 Å². The Hall–Kier alpha value is -3.29. The van der Waals surface area contributed by atoms with Gasteiger partial charge >= 0.3 is 0 Å². The van der Waals surface area contributed by atoms with Crippen LogP contribution in [0, 0.1) is 12.7 Å². The van der Waals surface area contributed by atoms with Crippen molar-refractivity contribution in [1.29, 1.82) is 0 Å². The first-order valence-electron chi connectivity index (χ1n) is 10.3. The molecule has 164 valence electrons. The van der Waals surface area contributed by atoms with Gasteiger partial charge in [-0.3, -0.25) is 4.79 Å². The highest BCUT2D eigenvalue weighted by atomic mass is 32.2. The average molecular weight is 451 g/mol. The molecule has 0 bridgehead atoms. The summed E-state index contributed by atoms with van der Waals surface area (Å²) in [7, 11) is -3.95. The number of aromatic amines is 1. The first kappa shape index (κ1) is 21.9. The Balaban J connectivity index is 1.71. The monoisotopic (exact) mass is 450 g/mol. The lowest BCUT2D eigenvalue weighted by atomic mass is 10.1. The van der Waals surface area contributed by atoms with E-state index in [0.29, 0.717) is 17.5 Å². The summed E-state index contributed by atoms with van der Waals surface area (Å²) >= 11 is 0. The number of aromatic nitrogens is 1. The molecule has 0 radical (unpaired) electrons. The molecule has 1 N–H and O–H groups in total. The number of aryl methyl sites for hydroxylation is 1. The second kappa shape index (κ2) is 9.06. The fourth-order valence-corrected chi connectivity index (χ4v) is 5.02. The van der Waals surface area contributed by atoms with Crippen LogP contribution in [0.4, 0.5) is 4.39 Å². The Bertz CT molecular complexity index is 1400. The summed E-state index contributed by atoms with van der Waals surface area (Å²) in [5.41, 5.74) is 2.72. The maximum atomic E-state index is 13.4. The van der Waals surface area contributed by atoms with Crippen molar-refractivity contribution in [3.8, 4) is 0 Å². The highest BCUT2D eigenvalue weighted by Crippen LogP contribution is 2.20. The van der Waals surface area contributed by atoms with Gasteiger partial charge in [0, 0.05) is 24.2 Å². The summed E-state index contributed by atoms with van der Waals surface area (Å²) in [6.07, 6.45) is 0.478. The molecule has 4 rings (SSSR count). The van der Waals surface area contributed by atoms with Gasteiger partial charge in [0.2, 0.25) is 10.0 Å². The molecule has 0 spiro atoms. The molecular weight excluding hydrogens is 427 g/mol. The van der Waals surface area contributed by atoms with Crippen molar-refractivity contribution in [2.45, 2.75) is 24.8 Å². The van der Waals surface area contributed by atoms with Crippen molar-refractivity contribution in [1.82, 2.24) is 9.29 Å². The molecule has 0 saturated heterocycles. The number of halogens is 1. The number of benzene rings is 3. The van der Waals surface area contributed by atoms with E-state index in [1.807, 2.05) is 55.5 Å². The molecule has 0 amide bonds. The molecule has 0 aliphatic rings. The fourth-order valence-electron chi connectivity index (χ4n) is 3.61. The zero-order valence-electron chi connectivity index (χ0n) is 17.6. The first-order chi connectivity index (χ1) is 15.3. The number of nitrogens with zero attached hydrogens (tertiary/aromatic N) is 1. The second-order valence-electron chi connectivity index (χ2n) is 7.74. The number of sulfonamides is 1. The molecule has 32 heavy (non-hydrogen) atoms. The summed E-state index contributed by atoms with van der Waals surface area (Å²) in [5.74, 6) is -0.513. The van der Waals surface area contributed by atoms with Gasteiger partial charge in [-0.15, -0.1) is 0 Å². The van der Waals surface area contributed by atoms with Crippen LogP contribution in [-0.4, -0.2) is 24.3 Å². The Kier molecular flexibility index (Phi) is 6.21. The highest BCUT2D eigenvalue weighted by molar-refractivity contribution is 7.89. The van der Waals surface area contributed by atoms with E-state index in [1.165, 1.54) is 16.4 Å². The largest absolute Gasteiger partial charge is 0.322 e. The smallest absolute Gasteiger partial charge is 0.252 e. The van der Waals surface area contributed by atoms with Crippen molar-refractivity contribution < 1.29 is 12.8 Å². The van der Waals surface area contributed by atoms with Crippen molar-refractivity contribution >= 4 is 20.9 Å². The van der Waals surface area contributed by atoms with E-state index in [1.54, 1.807) is 6.07 Å². The fraction of sp³-hybridized carbons (Fsp3) is 0.160. The van der Waals surface area contributed by atoms with Gasteiger partial charge < -0.3 is 4.98 Å². The SMILES string of the molecule is Cc1ccc2cc(CN(CCc3ccccc3)S(=O)(=O)c3ccc(F)cc3)c(=O)[nH]c2c1. The number of pyridine rings is 1. The summed E-state index contributed by atoms with van der Waals surface area (Å²) in [5, 5.41) is 0.826. The zero-order chi connectivity index (χ0) is 22.7. The maximum absolute atomic E-state index is 13.4. The zero-order valence-corrected chi connectivity index (χ0v) is 18.4. The van der Waals surface area contributed by atoms with Crippen LogP contribution >= 0.6 is 0 Å². The lowest BCUT2D eigenvalue weighted by Crippen LogP contribution is -2.34. The van der Waals surface area contributed by atoms with E-state index in [0.717, 1.165) is 28.6 Å². The minimum atomic E-state index is -3.95. The van der Waals surface area contributed by atoms with Gasteiger partial charge in [0.25, 0.3) is 5.56 Å². The molecule has 0 aliphatic carbocycles. The predicted molar refractivity (Wildman–Crippen MR) is 123 cm³/mol. The van der Waals surface area contributed by atoms with E-state index in [4.69, 9.17) is 0 Å². The van der Waals surface area contributed by atoms with Crippen LogP contribution in [-0.2, 0) is 23.0 Å². The molecule has 0 saturated carbocycles. The molecule has 0 atom stereocenters. The molecule has 0 aliphatic heterocycles. The third-order valence-electron chi connectivity index (χ3n) is 5.37. The second-order valence-corrected chi connectivity index (χ2v) is 9.68. The molecule has 5 nitrogen and oxygen atoms in total. The Morgan fingerprint density at radius 3 is 2.38 bits per heavy atom. The number of hydrogen-bond acceptors (Lipinski definition) is 3.